The third kappa shape index (κ3) is 3.60. The number of halogens is 1. The molecule has 0 saturated carbocycles. The lowest BCUT2D eigenvalue weighted by molar-refractivity contribution is 0.484. The molecule has 1 aromatic carbocycles. The Kier molecular flexibility index (Phi) is 4.83. The Morgan fingerprint density at radius 3 is 2.54 bits per heavy atom. The highest BCUT2D eigenvalue weighted by Crippen LogP contribution is 2.30. The number of sulfone groups is 1. The highest BCUT2D eigenvalue weighted by molar-refractivity contribution is 7.92. The smallest absolute Gasteiger partial charge is 0.265 e. The lowest BCUT2D eigenvalue weighted by Gasteiger charge is -2.12. The van der Waals surface area contributed by atoms with Crippen LogP contribution in [0.1, 0.15) is 29.4 Å². The normalized spacial score (nSPS) is 19.6. The molecule has 1 aliphatic rings. The van der Waals surface area contributed by atoms with Gasteiger partial charge in [0.1, 0.15) is 4.90 Å². The van der Waals surface area contributed by atoms with Crippen LogP contribution in [0, 0.1) is 20.8 Å². The third-order valence-corrected chi connectivity index (χ3v) is 8.30. The van der Waals surface area contributed by atoms with Gasteiger partial charge in [0.05, 0.1) is 34.6 Å². The third-order valence-electron chi connectivity index (χ3n) is 4.51. The second-order valence-corrected chi connectivity index (χ2v) is 10.8. The fraction of sp³-hybridized carbons (Fsp3) is 0.438. The maximum atomic E-state index is 12.9. The fourth-order valence-corrected chi connectivity index (χ4v) is 6.55. The molecule has 0 amide bonds. The van der Waals surface area contributed by atoms with E-state index in [-0.39, 0.29) is 22.4 Å². The molecular weight excluding hydrogens is 398 g/mol. The molecule has 1 fully saturated rings. The lowest BCUT2D eigenvalue weighted by Crippen LogP contribution is -2.17. The molecule has 1 N–H and O–H groups in total. The summed E-state index contributed by atoms with van der Waals surface area (Å²) in [6.45, 7) is 5.07. The van der Waals surface area contributed by atoms with Crippen molar-refractivity contribution in [3.05, 3.63) is 40.2 Å². The van der Waals surface area contributed by atoms with E-state index in [9.17, 15) is 16.8 Å². The summed E-state index contributed by atoms with van der Waals surface area (Å²) in [5.41, 5.74) is 1.96. The Labute approximate surface area is 158 Å². The van der Waals surface area contributed by atoms with Crippen molar-refractivity contribution in [3.63, 3.8) is 0 Å². The molecule has 7 nitrogen and oxygen atoms in total. The van der Waals surface area contributed by atoms with Gasteiger partial charge in [-0.2, -0.15) is 5.10 Å². The van der Waals surface area contributed by atoms with Gasteiger partial charge in [0, 0.05) is 5.02 Å². The van der Waals surface area contributed by atoms with Gasteiger partial charge in [-0.3, -0.25) is 9.40 Å². The first-order valence-corrected chi connectivity index (χ1v) is 11.7. The molecule has 1 saturated heterocycles. The Balaban J connectivity index is 1.96. The van der Waals surface area contributed by atoms with Gasteiger partial charge in [0.15, 0.2) is 9.84 Å². The molecule has 3 rings (SSSR count). The number of rotatable bonds is 4. The topological polar surface area (TPSA) is 98.1 Å². The van der Waals surface area contributed by atoms with Crippen molar-refractivity contribution >= 4 is 37.1 Å². The molecule has 2 aromatic rings. The standard InChI is InChI=1S/C16H20ClN3O4S2/c1-10-4-5-13(8-15(10)17)19-26(23,24)16-11(2)18-20(12(16)3)14-6-7-25(21,22)9-14/h4-5,8,14,19H,6-7,9H2,1-3H3/t14-/m1/s1. The van der Waals surface area contributed by atoms with Crippen LogP contribution in [-0.4, -0.2) is 38.1 Å². The number of nitrogens with one attached hydrogen (secondary N) is 1. The van der Waals surface area contributed by atoms with E-state index in [1.54, 1.807) is 32.0 Å². The van der Waals surface area contributed by atoms with Gasteiger partial charge in [0.2, 0.25) is 0 Å². The van der Waals surface area contributed by atoms with Crippen LogP contribution < -0.4 is 4.72 Å². The van der Waals surface area contributed by atoms with Gasteiger partial charge >= 0.3 is 0 Å². The molecule has 1 aromatic heterocycles. The Morgan fingerprint density at radius 1 is 1.27 bits per heavy atom. The van der Waals surface area contributed by atoms with E-state index in [0.717, 1.165) is 5.56 Å². The molecule has 1 aliphatic heterocycles. The Hall–Kier alpha value is -1.58. The number of aryl methyl sites for hydroxylation is 2. The van der Waals surface area contributed by atoms with E-state index < -0.39 is 19.9 Å². The summed E-state index contributed by atoms with van der Waals surface area (Å²) < 4.78 is 53.2. The van der Waals surface area contributed by atoms with Crippen LogP contribution in [0.15, 0.2) is 23.1 Å². The van der Waals surface area contributed by atoms with Crippen LogP contribution in [0.2, 0.25) is 5.02 Å². The molecule has 0 bridgehead atoms. The average Bonchev–Trinajstić information content (AvgIpc) is 3.02. The van der Waals surface area contributed by atoms with Crippen molar-refractivity contribution in [2.75, 3.05) is 16.2 Å². The minimum atomic E-state index is -3.88. The summed E-state index contributed by atoms with van der Waals surface area (Å²) >= 11 is 6.06. The highest BCUT2D eigenvalue weighted by Gasteiger charge is 2.33. The van der Waals surface area contributed by atoms with Gasteiger partial charge in [-0.25, -0.2) is 16.8 Å². The van der Waals surface area contributed by atoms with Gasteiger partial charge in [-0.05, 0) is 44.9 Å². The molecule has 0 aliphatic carbocycles. The molecule has 142 valence electrons. The molecule has 0 unspecified atom stereocenters. The van der Waals surface area contributed by atoms with E-state index in [4.69, 9.17) is 11.6 Å². The first kappa shape index (κ1) is 19.2. The minimum Gasteiger partial charge on any atom is -0.279 e. The van der Waals surface area contributed by atoms with Crippen LogP contribution in [0.5, 0.6) is 0 Å². The number of anilines is 1. The highest BCUT2D eigenvalue weighted by atomic mass is 35.5. The minimum absolute atomic E-state index is 0.0184. The van der Waals surface area contributed by atoms with E-state index in [1.807, 2.05) is 6.92 Å². The second-order valence-electron chi connectivity index (χ2n) is 6.57. The Morgan fingerprint density at radius 2 is 1.96 bits per heavy atom. The predicted molar refractivity (Wildman–Crippen MR) is 101 cm³/mol. The van der Waals surface area contributed by atoms with Crippen LogP contribution in [-0.2, 0) is 19.9 Å². The van der Waals surface area contributed by atoms with E-state index in [0.29, 0.717) is 28.5 Å². The number of hydrogen-bond donors (Lipinski definition) is 1. The number of nitrogens with zero attached hydrogens (tertiary/aromatic N) is 2. The summed E-state index contributed by atoms with van der Waals surface area (Å²) in [4.78, 5) is 0.0681. The van der Waals surface area contributed by atoms with Crippen molar-refractivity contribution in [2.24, 2.45) is 0 Å². The predicted octanol–water partition coefficient (Wildman–Crippen LogP) is 2.62. The maximum absolute atomic E-state index is 12.9. The maximum Gasteiger partial charge on any atom is 0.265 e. The van der Waals surface area contributed by atoms with Crippen LogP contribution >= 0.6 is 11.6 Å². The summed E-state index contributed by atoms with van der Waals surface area (Å²) in [6, 6.07) is 4.58. The summed E-state index contributed by atoms with van der Waals surface area (Å²) in [5.74, 6) is 0.0770. The van der Waals surface area contributed by atoms with Gasteiger partial charge in [-0.15, -0.1) is 0 Å². The Bertz CT molecular complexity index is 1080. The van der Waals surface area contributed by atoms with Gasteiger partial charge < -0.3 is 0 Å². The second kappa shape index (κ2) is 6.54. The van der Waals surface area contributed by atoms with Crippen molar-refractivity contribution in [3.8, 4) is 0 Å². The van der Waals surface area contributed by atoms with Gasteiger partial charge in [-0.1, -0.05) is 17.7 Å². The molecular formula is C16H20ClN3O4S2. The van der Waals surface area contributed by atoms with Crippen LogP contribution in [0.4, 0.5) is 5.69 Å². The van der Waals surface area contributed by atoms with E-state index in [2.05, 4.69) is 9.82 Å². The molecule has 0 radical (unpaired) electrons. The van der Waals surface area contributed by atoms with Crippen molar-refractivity contribution in [1.29, 1.82) is 0 Å². The summed E-state index contributed by atoms with van der Waals surface area (Å²) in [7, 11) is -6.98. The van der Waals surface area contributed by atoms with E-state index in [1.165, 1.54) is 4.68 Å². The summed E-state index contributed by atoms with van der Waals surface area (Å²) in [6.07, 6.45) is 0.435. The number of sulfonamides is 1. The number of aromatic nitrogens is 2. The molecule has 26 heavy (non-hydrogen) atoms. The lowest BCUT2D eigenvalue weighted by atomic mass is 10.2. The van der Waals surface area contributed by atoms with Gasteiger partial charge in [0.25, 0.3) is 10.0 Å². The number of benzene rings is 1. The van der Waals surface area contributed by atoms with E-state index >= 15 is 0 Å². The van der Waals surface area contributed by atoms with Crippen LogP contribution in [0.25, 0.3) is 0 Å². The molecule has 10 heteroatoms. The largest absolute Gasteiger partial charge is 0.279 e. The average molecular weight is 418 g/mol. The van der Waals surface area contributed by atoms with Crippen LogP contribution in [0.3, 0.4) is 0 Å². The monoisotopic (exact) mass is 417 g/mol. The van der Waals surface area contributed by atoms with Crippen molar-refractivity contribution in [1.82, 2.24) is 9.78 Å². The summed E-state index contributed by atoms with van der Waals surface area (Å²) in [5, 5.41) is 4.77. The first-order valence-electron chi connectivity index (χ1n) is 8.05. The zero-order valence-electron chi connectivity index (χ0n) is 14.7. The van der Waals surface area contributed by atoms with Crippen molar-refractivity contribution in [2.45, 2.75) is 38.1 Å². The fourth-order valence-electron chi connectivity index (χ4n) is 3.22. The molecule has 1 atom stereocenters. The molecule has 2 heterocycles. The first-order chi connectivity index (χ1) is 12.0. The number of hydrogen-bond acceptors (Lipinski definition) is 5. The molecule has 0 spiro atoms. The zero-order chi connectivity index (χ0) is 19.3. The van der Waals surface area contributed by atoms with Crippen molar-refractivity contribution < 1.29 is 16.8 Å². The quantitative estimate of drug-likeness (QED) is 0.824. The zero-order valence-corrected chi connectivity index (χ0v) is 17.0. The SMILES string of the molecule is Cc1ccc(NS(=O)(=O)c2c(C)nn([C@@H]3CCS(=O)(=O)C3)c2C)cc1Cl.